The molecule has 0 fully saturated rings. The highest BCUT2D eigenvalue weighted by Gasteiger charge is 2.12. The van der Waals surface area contributed by atoms with Gasteiger partial charge in [-0.05, 0) is 52.6 Å². The van der Waals surface area contributed by atoms with Crippen molar-refractivity contribution < 1.29 is 4.79 Å². The van der Waals surface area contributed by atoms with Gasteiger partial charge in [0.2, 0.25) is 5.91 Å². The SMILES string of the molecule is O=C(Cc1ccccc1Cl)NCCCc1nc2ccccc2n1Cc1ccc2ccccc2c1. The molecule has 0 radical (unpaired) electrons. The molecule has 34 heavy (non-hydrogen) atoms. The molecular formula is C29H26ClN3O. The van der Waals surface area contributed by atoms with E-state index in [1.807, 2.05) is 30.3 Å². The van der Waals surface area contributed by atoms with E-state index in [1.54, 1.807) is 0 Å². The summed E-state index contributed by atoms with van der Waals surface area (Å²) < 4.78 is 2.30. The second-order valence-corrected chi connectivity index (χ2v) is 8.91. The molecule has 0 atom stereocenters. The maximum Gasteiger partial charge on any atom is 0.224 e. The monoisotopic (exact) mass is 467 g/mol. The van der Waals surface area contributed by atoms with Gasteiger partial charge in [-0.15, -0.1) is 0 Å². The molecule has 0 spiro atoms. The van der Waals surface area contributed by atoms with Crippen molar-refractivity contribution >= 4 is 39.3 Å². The van der Waals surface area contributed by atoms with E-state index in [4.69, 9.17) is 16.6 Å². The van der Waals surface area contributed by atoms with Crippen molar-refractivity contribution in [2.75, 3.05) is 6.54 Å². The van der Waals surface area contributed by atoms with Gasteiger partial charge in [0.15, 0.2) is 0 Å². The largest absolute Gasteiger partial charge is 0.356 e. The third-order valence-electron chi connectivity index (χ3n) is 6.10. The Balaban J connectivity index is 1.27. The summed E-state index contributed by atoms with van der Waals surface area (Å²) in [4.78, 5) is 17.2. The molecule has 1 amide bonds. The standard InChI is InChI=1S/C29H26ClN3O/c30-25-11-4-3-10-24(25)19-29(34)31-17-7-14-28-32-26-12-5-6-13-27(26)33(28)20-21-15-16-22-8-1-2-9-23(22)18-21/h1-6,8-13,15-16,18H,7,14,17,19-20H2,(H,31,34). The van der Waals surface area contributed by atoms with Gasteiger partial charge < -0.3 is 9.88 Å². The zero-order valence-electron chi connectivity index (χ0n) is 18.9. The number of amides is 1. The molecule has 0 saturated carbocycles. The second kappa shape index (κ2) is 10.1. The summed E-state index contributed by atoms with van der Waals surface area (Å²) in [5.41, 5.74) is 4.23. The van der Waals surface area contributed by atoms with Crippen molar-refractivity contribution in [1.82, 2.24) is 14.9 Å². The summed E-state index contributed by atoms with van der Waals surface area (Å²) in [7, 11) is 0. The minimum Gasteiger partial charge on any atom is -0.356 e. The van der Waals surface area contributed by atoms with Crippen LogP contribution in [0.25, 0.3) is 21.8 Å². The van der Waals surface area contributed by atoms with Crippen molar-refractivity contribution in [3.63, 3.8) is 0 Å². The third kappa shape index (κ3) is 4.97. The smallest absolute Gasteiger partial charge is 0.224 e. The van der Waals surface area contributed by atoms with Crippen LogP contribution in [-0.2, 0) is 24.2 Å². The summed E-state index contributed by atoms with van der Waals surface area (Å²) in [5.74, 6) is 1.02. The fraction of sp³-hybridized carbons (Fsp3) is 0.172. The van der Waals surface area contributed by atoms with Crippen LogP contribution in [0.5, 0.6) is 0 Å². The number of imidazole rings is 1. The average Bonchev–Trinajstić information content (AvgIpc) is 3.20. The van der Waals surface area contributed by atoms with Gasteiger partial charge in [-0.2, -0.15) is 0 Å². The number of carbonyl (C=O) groups excluding carboxylic acids is 1. The van der Waals surface area contributed by atoms with Crippen LogP contribution in [-0.4, -0.2) is 22.0 Å². The molecule has 0 aliphatic carbocycles. The van der Waals surface area contributed by atoms with E-state index in [9.17, 15) is 4.79 Å². The number of para-hydroxylation sites is 2. The number of benzene rings is 4. The number of aromatic nitrogens is 2. The molecule has 1 heterocycles. The number of nitrogens with zero attached hydrogens (tertiary/aromatic N) is 2. The minimum atomic E-state index is -0.0160. The van der Waals surface area contributed by atoms with Crippen LogP contribution in [0.15, 0.2) is 91.0 Å². The Kier molecular flexibility index (Phi) is 6.59. The van der Waals surface area contributed by atoms with Crippen molar-refractivity contribution in [3.05, 3.63) is 113 Å². The number of hydrogen-bond donors (Lipinski definition) is 1. The summed E-state index contributed by atoms with van der Waals surface area (Å²) in [6.07, 6.45) is 1.89. The fourth-order valence-electron chi connectivity index (χ4n) is 4.36. The van der Waals surface area contributed by atoms with Gasteiger partial charge in [-0.3, -0.25) is 4.79 Å². The predicted octanol–water partition coefficient (Wildman–Crippen LogP) is 6.18. The lowest BCUT2D eigenvalue weighted by Gasteiger charge is -2.11. The summed E-state index contributed by atoms with van der Waals surface area (Å²) in [6, 6.07) is 30.8. The van der Waals surface area contributed by atoms with E-state index in [-0.39, 0.29) is 5.91 Å². The normalized spacial score (nSPS) is 11.2. The van der Waals surface area contributed by atoms with Crippen LogP contribution in [0.1, 0.15) is 23.4 Å². The number of fused-ring (bicyclic) bond motifs is 2. The van der Waals surface area contributed by atoms with Gasteiger partial charge >= 0.3 is 0 Å². The van der Waals surface area contributed by atoms with Gasteiger partial charge in [0.05, 0.1) is 17.5 Å². The lowest BCUT2D eigenvalue weighted by molar-refractivity contribution is -0.120. The number of aryl methyl sites for hydroxylation is 1. The number of nitrogens with one attached hydrogen (secondary N) is 1. The van der Waals surface area contributed by atoms with Crippen molar-refractivity contribution in [2.45, 2.75) is 25.8 Å². The van der Waals surface area contributed by atoms with Gasteiger partial charge in [0.1, 0.15) is 5.82 Å². The molecule has 0 saturated heterocycles. The summed E-state index contributed by atoms with van der Waals surface area (Å²) in [6.45, 7) is 1.36. The van der Waals surface area contributed by atoms with Gasteiger partial charge in [-0.25, -0.2) is 4.98 Å². The topological polar surface area (TPSA) is 46.9 Å². The second-order valence-electron chi connectivity index (χ2n) is 8.51. The molecular weight excluding hydrogens is 442 g/mol. The van der Waals surface area contributed by atoms with E-state index in [0.717, 1.165) is 41.8 Å². The van der Waals surface area contributed by atoms with Gasteiger partial charge in [0.25, 0.3) is 0 Å². The Morgan fingerprint density at radius 2 is 1.65 bits per heavy atom. The van der Waals surface area contributed by atoms with Crippen molar-refractivity contribution in [2.24, 2.45) is 0 Å². The molecule has 5 aromatic rings. The highest BCUT2D eigenvalue weighted by Crippen LogP contribution is 2.22. The van der Waals surface area contributed by atoms with E-state index < -0.39 is 0 Å². The first-order valence-corrected chi connectivity index (χ1v) is 12.0. The number of rotatable bonds is 8. The maximum absolute atomic E-state index is 12.3. The van der Waals surface area contributed by atoms with Crippen molar-refractivity contribution in [1.29, 1.82) is 0 Å². The first-order valence-electron chi connectivity index (χ1n) is 11.6. The summed E-state index contributed by atoms with van der Waals surface area (Å²) in [5, 5.41) is 6.13. The van der Waals surface area contributed by atoms with Crippen LogP contribution in [0.3, 0.4) is 0 Å². The average molecular weight is 468 g/mol. The zero-order chi connectivity index (χ0) is 23.3. The van der Waals surface area contributed by atoms with Gasteiger partial charge in [-0.1, -0.05) is 78.3 Å². The Labute approximate surface area is 204 Å². The molecule has 0 aliphatic rings. The number of halogens is 1. The lowest BCUT2D eigenvalue weighted by atomic mass is 10.1. The molecule has 0 bridgehead atoms. The number of carbonyl (C=O) groups is 1. The van der Waals surface area contributed by atoms with Crippen LogP contribution in [0.4, 0.5) is 0 Å². The molecule has 1 N–H and O–H groups in total. The lowest BCUT2D eigenvalue weighted by Crippen LogP contribution is -2.26. The highest BCUT2D eigenvalue weighted by atomic mass is 35.5. The Hall–Kier alpha value is -3.63. The molecule has 0 aliphatic heterocycles. The zero-order valence-corrected chi connectivity index (χ0v) is 19.6. The predicted molar refractivity (Wildman–Crippen MR) is 139 cm³/mol. The Morgan fingerprint density at radius 1 is 0.882 bits per heavy atom. The molecule has 1 aromatic heterocycles. The maximum atomic E-state index is 12.3. The van der Waals surface area contributed by atoms with Crippen LogP contribution < -0.4 is 5.32 Å². The molecule has 4 nitrogen and oxygen atoms in total. The van der Waals surface area contributed by atoms with Crippen LogP contribution >= 0.6 is 11.6 Å². The summed E-state index contributed by atoms with van der Waals surface area (Å²) >= 11 is 6.17. The van der Waals surface area contributed by atoms with E-state index in [1.165, 1.54) is 16.3 Å². The molecule has 5 heteroatoms. The molecule has 0 unspecified atom stereocenters. The van der Waals surface area contributed by atoms with E-state index >= 15 is 0 Å². The van der Waals surface area contributed by atoms with Crippen LogP contribution in [0.2, 0.25) is 5.02 Å². The first kappa shape index (κ1) is 22.2. The third-order valence-corrected chi connectivity index (χ3v) is 6.47. The van der Waals surface area contributed by atoms with Gasteiger partial charge in [0, 0.05) is 24.5 Å². The van der Waals surface area contributed by atoms with Crippen molar-refractivity contribution in [3.8, 4) is 0 Å². The van der Waals surface area contributed by atoms with E-state index in [0.29, 0.717) is 18.0 Å². The quantitative estimate of drug-likeness (QED) is 0.277. The first-order chi connectivity index (χ1) is 16.7. The number of hydrogen-bond acceptors (Lipinski definition) is 2. The molecule has 170 valence electrons. The van der Waals surface area contributed by atoms with Crippen LogP contribution in [0, 0.1) is 0 Å². The molecule has 4 aromatic carbocycles. The molecule has 5 rings (SSSR count). The van der Waals surface area contributed by atoms with E-state index in [2.05, 4.69) is 70.5 Å². The minimum absolute atomic E-state index is 0.0160. The fourth-order valence-corrected chi connectivity index (χ4v) is 4.57. The Bertz CT molecular complexity index is 1460. The Morgan fingerprint density at radius 3 is 2.53 bits per heavy atom. The highest BCUT2D eigenvalue weighted by molar-refractivity contribution is 6.31.